The molecule has 0 saturated heterocycles. The molecule has 0 bridgehead atoms. The van der Waals surface area contributed by atoms with Crippen molar-refractivity contribution in [3.8, 4) is 11.6 Å². The molecule has 0 atom stereocenters. The first-order valence-electron chi connectivity index (χ1n) is 4.15. The second-order valence-electron chi connectivity index (χ2n) is 2.74. The van der Waals surface area contributed by atoms with Crippen LogP contribution in [0.2, 0.25) is 5.15 Å². The van der Waals surface area contributed by atoms with E-state index in [9.17, 15) is 0 Å². The molecule has 76 valence electrons. The lowest BCUT2D eigenvalue weighted by Crippen LogP contribution is -1.88. The first-order chi connectivity index (χ1) is 7.24. The molecule has 0 aliphatic rings. The Morgan fingerprint density at radius 3 is 2.80 bits per heavy atom. The van der Waals surface area contributed by atoms with Crippen molar-refractivity contribution in [2.45, 2.75) is 0 Å². The fourth-order valence-electron chi connectivity index (χ4n) is 1.02. The third-order valence-electron chi connectivity index (χ3n) is 1.63. The van der Waals surface area contributed by atoms with Crippen LogP contribution in [-0.4, -0.2) is 9.97 Å². The molecule has 5 heteroatoms. The molecule has 0 saturated carbocycles. The Hall–Kier alpha value is -1.13. The van der Waals surface area contributed by atoms with Gasteiger partial charge in [-0.2, -0.15) is 0 Å². The van der Waals surface area contributed by atoms with Gasteiger partial charge in [-0.05, 0) is 18.2 Å². The number of hydrogen-bond acceptors (Lipinski definition) is 3. The van der Waals surface area contributed by atoms with Crippen LogP contribution >= 0.6 is 27.5 Å². The van der Waals surface area contributed by atoms with Crippen LogP contribution in [0.25, 0.3) is 0 Å². The van der Waals surface area contributed by atoms with Crippen molar-refractivity contribution in [3.05, 3.63) is 46.3 Å². The van der Waals surface area contributed by atoms with Crippen molar-refractivity contribution >= 4 is 27.5 Å². The summed E-state index contributed by atoms with van der Waals surface area (Å²) in [6.45, 7) is 0. The van der Waals surface area contributed by atoms with Gasteiger partial charge in [-0.3, -0.25) is 0 Å². The average Bonchev–Trinajstić information content (AvgIpc) is 2.17. The van der Waals surface area contributed by atoms with Crippen LogP contribution in [0.4, 0.5) is 0 Å². The van der Waals surface area contributed by atoms with Crippen molar-refractivity contribution < 1.29 is 4.74 Å². The molecule has 0 radical (unpaired) electrons. The Bertz CT molecular complexity index is 435. The fraction of sp³-hybridized carbons (Fsp3) is 0. The molecule has 1 aromatic carbocycles. The molecule has 0 unspecified atom stereocenters. The summed E-state index contributed by atoms with van der Waals surface area (Å²) in [5.74, 6) is 1.12. The van der Waals surface area contributed by atoms with Crippen LogP contribution < -0.4 is 4.74 Å². The Balaban J connectivity index is 2.22. The van der Waals surface area contributed by atoms with E-state index in [4.69, 9.17) is 16.3 Å². The highest BCUT2D eigenvalue weighted by Crippen LogP contribution is 2.23. The van der Waals surface area contributed by atoms with Gasteiger partial charge in [0, 0.05) is 10.5 Å². The maximum Gasteiger partial charge on any atom is 0.223 e. The summed E-state index contributed by atoms with van der Waals surface area (Å²) in [6.07, 6.45) is 1.36. The molecule has 0 fully saturated rings. The van der Waals surface area contributed by atoms with Gasteiger partial charge in [0.1, 0.15) is 17.2 Å². The number of rotatable bonds is 2. The third-order valence-corrected chi connectivity index (χ3v) is 2.33. The van der Waals surface area contributed by atoms with Gasteiger partial charge in [-0.25, -0.2) is 9.97 Å². The lowest BCUT2D eigenvalue weighted by molar-refractivity contribution is 0.461. The zero-order valence-corrected chi connectivity index (χ0v) is 9.86. The standard InChI is InChI=1S/C10H6BrClN2O/c11-7-2-1-3-8(4-7)15-10-5-9(12)13-6-14-10/h1-6H. The molecule has 3 nitrogen and oxygen atoms in total. The second kappa shape index (κ2) is 4.59. The van der Waals surface area contributed by atoms with Gasteiger partial charge >= 0.3 is 0 Å². The average molecular weight is 286 g/mol. The molecule has 1 heterocycles. The molecule has 2 aromatic rings. The van der Waals surface area contributed by atoms with Crippen molar-refractivity contribution in [2.24, 2.45) is 0 Å². The van der Waals surface area contributed by atoms with E-state index in [0.29, 0.717) is 16.8 Å². The van der Waals surface area contributed by atoms with Crippen LogP contribution in [0.15, 0.2) is 41.1 Å². The van der Waals surface area contributed by atoms with Gasteiger partial charge in [0.15, 0.2) is 0 Å². The molecular formula is C10H6BrClN2O. The predicted octanol–water partition coefficient (Wildman–Crippen LogP) is 3.68. The van der Waals surface area contributed by atoms with E-state index in [2.05, 4.69) is 25.9 Å². The molecule has 1 aromatic heterocycles. The van der Waals surface area contributed by atoms with Gasteiger partial charge in [-0.1, -0.05) is 33.6 Å². The summed E-state index contributed by atoms with van der Waals surface area (Å²) in [5.41, 5.74) is 0. The number of nitrogens with zero attached hydrogens (tertiary/aromatic N) is 2. The monoisotopic (exact) mass is 284 g/mol. The first-order valence-corrected chi connectivity index (χ1v) is 5.32. The summed E-state index contributed by atoms with van der Waals surface area (Å²) in [4.78, 5) is 7.70. The fourth-order valence-corrected chi connectivity index (χ4v) is 1.54. The van der Waals surface area contributed by atoms with Crippen molar-refractivity contribution in [1.29, 1.82) is 0 Å². The Morgan fingerprint density at radius 1 is 1.20 bits per heavy atom. The van der Waals surface area contributed by atoms with Crippen molar-refractivity contribution in [2.75, 3.05) is 0 Å². The van der Waals surface area contributed by atoms with Crippen LogP contribution in [0.5, 0.6) is 11.6 Å². The molecule has 2 rings (SSSR count). The molecule has 0 spiro atoms. The van der Waals surface area contributed by atoms with Crippen LogP contribution in [0.3, 0.4) is 0 Å². The Labute approximate surface area is 100 Å². The third kappa shape index (κ3) is 2.91. The maximum absolute atomic E-state index is 5.70. The van der Waals surface area contributed by atoms with Crippen LogP contribution in [0.1, 0.15) is 0 Å². The molecule has 0 N–H and O–H groups in total. The summed E-state index contributed by atoms with van der Waals surface area (Å²) in [5, 5.41) is 0.356. The van der Waals surface area contributed by atoms with E-state index in [1.165, 1.54) is 6.33 Å². The minimum atomic E-state index is 0.356. The largest absolute Gasteiger partial charge is 0.439 e. The number of benzene rings is 1. The van der Waals surface area contributed by atoms with Crippen LogP contribution in [-0.2, 0) is 0 Å². The number of aromatic nitrogens is 2. The van der Waals surface area contributed by atoms with E-state index in [-0.39, 0.29) is 0 Å². The van der Waals surface area contributed by atoms with Gasteiger partial charge in [0.25, 0.3) is 0 Å². The zero-order chi connectivity index (χ0) is 10.7. The second-order valence-corrected chi connectivity index (χ2v) is 4.04. The summed E-state index contributed by atoms with van der Waals surface area (Å²) >= 11 is 9.05. The number of hydrogen-bond donors (Lipinski definition) is 0. The van der Waals surface area contributed by atoms with Gasteiger partial charge < -0.3 is 4.74 Å². The molecule has 0 amide bonds. The highest BCUT2D eigenvalue weighted by molar-refractivity contribution is 9.10. The Morgan fingerprint density at radius 2 is 2.07 bits per heavy atom. The summed E-state index contributed by atoms with van der Waals surface area (Å²) in [7, 11) is 0. The highest BCUT2D eigenvalue weighted by Gasteiger charge is 2.00. The summed E-state index contributed by atoms with van der Waals surface area (Å²) < 4.78 is 6.42. The normalized spacial score (nSPS) is 10.0. The minimum Gasteiger partial charge on any atom is -0.439 e. The van der Waals surface area contributed by atoms with E-state index in [1.807, 2.05) is 24.3 Å². The first kappa shape index (κ1) is 10.4. The minimum absolute atomic E-state index is 0.356. The lowest BCUT2D eigenvalue weighted by atomic mass is 10.3. The van der Waals surface area contributed by atoms with E-state index in [1.54, 1.807) is 6.07 Å². The zero-order valence-electron chi connectivity index (χ0n) is 7.52. The molecule has 15 heavy (non-hydrogen) atoms. The molecular weight excluding hydrogens is 279 g/mol. The maximum atomic E-state index is 5.70. The van der Waals surface area contributed by atoms with Gasteiger partial charge in [-0.15, -0.1) is 0 Å². The molecule has 0 aliphatic heterocycles. The van der Waals surface area contributed by atoms with Crippen molar-refractivity contribution in [1.82, 2.24) is 9.97 Å². The molecule has 0 aliphatic carbocycles. The smallest absolute Gasteiger partial charge is 0.223 e. The SMILES string of the molecule is Clc1cc(Oc2cccc(Br)c2)ncn1. The van der Waals surface area contributed by atoms with E-state index >= 15 is 0 Å². The number of halogens is 2. The topological polar surface area (TPSA) is 35.0 Å². The van der Waals surface area contributed by atoms with E-state index in [0.717, 1.165) is 4.47 Å². The van der Waals surface area contributed by atoms with Crippen LogP contribution in [0, 0.1) is 0 Å². The quantitative estimate of drug-likeness (QED) is 0.789. The van der Waals surface area contributed by atoms with Crippen molar-refractivity contribution in [3.63, 3.8) is 0 Å². The number of ether oxygens (including phenoxy) is 1. The lowest BCUT2D eigenvalue weighted by Gasteiger charge is -2.04. The highest BCUT2D eigenvalue weighted by atomic mass is 79.9. The summed E-state index contributed by atoms with van der Waals surface area (Å²) in [6, 6.07) is 9.03. The van der Waals surface area contributed by atoms with Gasteiger partial charge in [0.05, 0.1) is 0 Å². The van der Waals surface area contributed by atoms with E-state index < -0.39 is 0 Å². The predicted molar refractivity (Wildman–Crippen MR) is 61.3 cm³/mol. The Kier molecular flexibility index (Phi) is 3.18. The van der Waals surface area contributed by atoms with Gasteiger partial charge in [0.2, 0.25) is 5.88 Å².